The highest BCUT2D eigenvalue weighted by Gasteiger charge is 2.40. The van der Waals surface area contributed by atoms with E-state index in [0.29, 0.717) is 18.3 Å². The Kier molecular flexibility index (Phi) is 9.40. The van der Waals surface area contributed by atoms with Gasteiger partial charge in [0.1, 0.15) is 11.6 Å². The lowest BCUT2D eigenvalue weighted by Gasteiger charge is -2.38. The van der Waals surface area contributed by atoms with Crippen molar-refractivity contribution in [3.8, 4) is 16.9 Å². The minimum Gasteiger partial charge on any atom is -0.496 e. The molecule has 3 rings (SSSR count). The van der Waals surface area contributed by atoms with E-state index in [1.807, 2.05) is 32.2 Å². The second-order valence-electron chi connectivity index (χ2n) is 7.78. The molecule has 0 unspecified atom stereocenters. The van der Waals surface area contributed by atoms with Crippen LogP contribution in [-0.4, -0.2) is 31.1 Å². The van der Waals surface area contributed by atoms with Crippen LogP contribution in [0.2, 0.25) is 0 Å². The van der Waals surface area contributed by atoms with E-state index in [4.69, 9.17) is 16.2 Å². The number of nitrogens with two attached hydrogens (primary N) is 2. The van der Waals surface area contributed by atoms with Gasteiger partial charge < -0.3 is 21.5 Å². The van der Waals surface area contributed by atoms with Crippen LogP contribution in [0.1, 0.15) is 36.9 Å². The largest absolute Gasteiger partial charge is 0.496 e. The average Bonchev–Trinajstić information content (AvgIpc) is 2.68. The van der Waals surface area contributed by atoms with Crippen LogP contribution >= 0.6 is 24.8 Å². The van der Waals surface area contributed by atoms with Crippen LogP contribution in [0.15, 0.2) is 30.3 Å². The molecule has 1 aliphatic rings. The molecule has 1 aromatic heterocycles. The maximum Gasteiger partial charge on any atom is 0.223 e. The summed E-state index contributed by atoms with van der Waals surface area (Å²) in [4.78, 5) is 16.8. The van der Waals surface area contributed by atoms with Gasteiger partial charge in [-0.2, -0.15) is 0 Å². The third-order valence-electron chi connectivity index (χ3n) is 6.10. The normalized spacial score (nSPS) is 20.6. The van der Waals surface area contributed by atoms with Gasteiger partial charge in [-0.1, -0.05) is 6.07 Å². The Labute approximate surface area is 191 Å². The first-order chi connectivity index (χ1) is 13.4. The molecule has 0 radical (unpaired) electrons. The Hall–Kier alpha value is -2.02. The number of carbonyl (C=O) groups excluding carboxylic acids is 1. The Morgan fingerprint density at radius 2 is 1.90 bits per heavy atom. The molecule has 0 spiro atoms. The lowest BCUT2D eigenvalue weighted by molar-refractivity contribution is -0.129. The van der Waals surface area contributed by atoms with Crippen LogP contribution in [0.25, 0.3) is 11.1 Å². The van der Waals surface area contributed by atoms with Crippen molar-refractivity contribution in [3.63, 3.8) is 0 Å². The number of hydrogen-bond donors (Lipinski definition) is 3. The van der Waals surface area contributed by atoms with Crippen molar-refractivity contribution < 1.29 is 9.53 Å². The summed E-state index contributed by atoms with van der Waals surface area (Å²) in [5.74, 6) is 1.06. The number of benzene rings is 1. The maximum atomic E-state index is 12.5. The maximum absolute atomic E-state index is 12.5. The van der Waals surface area contributed by atoms with Gasteiger partial charge in [0.15, 0.2) is 0 Å². The van der Waals surface area contributed by atoms with Crippen LogP contribution in [0.3, 0.4) is 0 Å². The third-order valence-corrected chi connectivity index (χ3v) is 6.10. The minimum atomic E-state index is -0.534. The van der Waals surface area contributed by atoms with Crippen LogP contribution in [0.4, 0.5) is 5.82 Å². The number of ether oxygens (including phenoxy) is 1. The van der Waals surface area contributed by atoms with Gasteiger partial charge in [0, 0.05) is 17.3 Å². The highest BCUT2D eigenvalue weighted by atomic mass is 35.5. The van der Waals surface area contributed by atoms with Crippen molar-refractivity contribution >= 4 is 36.5 Å². The highest BCUT2D eigenvalue weighted by molar-refractivity contribution is 5.85. The van der Waals surface area contributed by atoms with Crippen LogP contribution in [-0.2, 0) is 11.2 Å². The Bertz CT molecular complexity index is 868. The van der Waals surface area contributed by atoms with Crippen molar-refractivity contribution in [1.82, 2.24) is 10.3 Å². The zero-order chi connectivity index (χ0) is 20.3. The number of anilines is 1. The highest BCUT2D eigenvalue weighted by Crippen LogP contribution is 2.41. The number of primary amides is 1. The number of rotatable bonds is 6. The van der Waals surface area contributed by atoms with Gasteiger partial charge in [-0.25, -0.2) is 4.98 Å². The zero-order valence-electron chi connectivity index (χ0n) is 17.7. The number of aromatic nitrogens is 1. The first-order valence-corrected chi connectivity index (χ1v) is 9.76. The second-order valence-corrected chi connectivity index (χ2v) is 7.78. The molecular weight excluding hydrogens is 423 g/mol. The van der Waals surface area contributed by atoms with Gasteiger partial charge in [-0.15, -0.1) is 24.8 Å². The summed E-state index contributed by atoms with van der Waals surface area (Å²) < 4.78 is 5.59. The third kappa shape index (κ3) is 5.36. The number of nitrogens with zero attached hydrogens (tertiary/aromatic N) is 1. The number of pyridine rings is 1. The van der Waals surface area contributed by atoms with Gasteiger partial charge in [-0.05, 0) is 81.5 Å². The molecule has 1 aliphatic carbocycles. The topological polar surface area (TPSA) is 103 Å². The second kappa shape index (κ2) is 10.8. The number of methoxy groups -OCH3 is 1. The molecule has 1 fully saturated rings. The lowest BCUT2D eigenvalue weighted by atomic mass is 9.68. The molecule has 1 amide bonds. The summed E-state index contributed by atoms with van der Waals surface area (Å²) in [5, 5.41) is 3.31. The summed E-state index contributed by atoms with van der Waals surface area (Å²) in [6.07, 6.45) is 4.04. The SMILES string of the molecule is CNC1CCC(Cc2cc(-c3ccc(N)nc3C)ccc2OC)(C(N)=O)CC1.Cl.Cl. The van der Waals surface area contributed by atoms with E-state index in [0.717, 1.165) is 53.8 Å². The summed E-state index contributed by atoms with van der Waals surface area (Å²) in [6, 6.07) is 10.3. The average molecular weight is 455 g/mol. The number of aryl methyl sites for hydroxylation is 1. The molecule has 1 heterocycles. The van der Waals surface area contributed by atoms with E-state index in [1.54, 1.807) is 13.2 Å². The minimum absolute atomic E-state index is 0. The predicted octanol–water partition coefficient (Wildman–Crippen LogP) is 3.67. The van der Waals surface area contributed by atoms with Gasteiger partial charge in [0.2, 0.25) is 5.91 Å². The van der Waals surface area contributed by atoms with Crippen LogP contribution < -0.4 is 21.5 Å². The predicted molar refractivity (Wildman–Crippen MR) is 127 cm³/mol. The molecule has 1 aromatic carbocycles. The molecule has 2 aromatic rings. The standard InChI is InChI=1S/C22H30N4O2.2ClH/c1-14-18(5-7-20(23)26-14)15-4-6-19(28-3)16(12-15)13-22(21(24)27)10-8-17(25-2)9-11-22;;/h4-7,12,17,25H,8-11,13H2,1-3H3,(H2,23,26)(H2,24,27);2*1H. The van der Waals surface area contributed by atoms with Gasteiger partial charge in [-0.3, -0.25) is 4.79 Å². The molecule has 30 heavy (non-hydrogen) atoms. The number of hydrogen-bond acceptors (Lipinski definition) is 5. The molecule has 5 N–H and O–H groups in total. The van der Waals surface area contributed by atoms with Crippen molar-refractivity contribution in [2.45, 2.75) is 45.1 Å². The molecule has 0 saturated heterocycles. The van der Waals surface area contributed by atoms with Gasteiger partial charge in [0.05, 0.1) is 12.5 Å². The van der Waals surface area contributed by atoms with E-state index < -0.39 is 5.41 Å². The fourth-order valence-corrected chi connectivity index (χ4v) is 4.30. The number of nitrogen functional groups attached to an aromatic ring is 1. The fourth-order valence-electron chi connectivity index (χ4n) is 4.30. The monoisotopic (exact) mass is 454 g/mol. The molecule has 1 saturated carbocycles. The molecular formula is C22H32Cl2N4O2. The Morgan fingerprint density at radius 3 is 2.43 bits per heavy atom. The van der Waals surface area contributed by atoms with Crippen LogP contribution in [0.5, 0.6) is 5.75 Å². The Balaban J connectivity index is 0.00000225. The molecule has 0 bridgehead atoms. The summed E-state index contributed by atoms with van der Waals surface area (Å²) in [7, 11) is 3.63. The van der Waals surface area contributed by atoms with E-state index in [2.05, 4.69) is 16.4 Å². The fraction of sp³-hybridized carbons (Fsp3) is 0.455. The van der Waals surface area contributed by atoms with Gasteiger partial charge >= 0.3 is 0 Å². The lowest BCUT2D eigenvalue weighted by Crippen LogP contribution is -2.45. The van der Waals surface area contributed by atoms with Crippen LogP contribution in [0, 0.1) is 12.3 Å². The quantitative estimate of drug-likeness (QED) is 0.617. The molecule has 6 nitrogen and oxygen atoms in total. The number of halogens is 2. The zero-order valence-corrected chi connectivity index (χ0v) is 19.4. The molecule has 0 aliphatic heterocycles. The van der Waals surface area contributed by atoms with Crippen molar-refractivity contribution in [1.29, 1.82) is 0 Å². The van der Waals surface area contributed by atoms with E-state index in [-0.39, 0.29) is 30.7 Å². The smallest absolute Gasteiger partial charge is 0.223 e. The summed E-state index contributed by atoms with van der Waals surface area (Å²) >= 11 is 0. The summed E-state index contributed by atoms with van der Waals surface area (Å²) in [6.45, 7) is 1.94. The summed E-state index contributed by atoms with van der Waals surface area (Å²) in [5.41, 5.74) is 15.1. The van der Waals surface area contributed by atoms with Crippen molar-refractivity contribution in [2.75, 3.05) is 19.9 Å². The number of amides is 1. The number of nitrogens with one attached hydrogen (secondary N) is 1. The molecule has 0 atom stereocenters. The first-order valence-electron chi connectivity index (χ1n) is 9.76. The number of carbonyl (C=O) groups is 1. The first kappa shape index (κ1) is 26.0. The van der Waals surface area contributed by atoms with Gasteiger partial charge in [0.25, 0.3) is 0 Å². The van der Waals surface area contributed by atoms with Crippen molar-refractivity contribution in [3.05, 3.63) is 41.6 Å². The van der Waals surface area contributed by atoms with E-state index in [9.17, 15) is 4.79 Å². The van der Waals surface area contributed by atoms with Crippen molar-refractivity contribution in [2.24, 2.45) is 11.1 Å². The molecule has 8 heteroatoms. The Morgan fingerprint density at radius 1 is 1.23 bits per heavy atom. The van der Waals surface area contributed by atoms with E-state index in [1.165, 1.54) is 0 Å². The molecule has 166 valence electrons. The van der Waals surface area contributed by atoms with E-state index >= 15 is 0 Å².